The first kappa shape index (κ1) is 15.4. The summed E-state index contributed by atoms with van der Waals surface area (Å²) in [6.07, 6.45) is 6.50. The van der Waals surface area contributed by atoms with E-state index in [0.29, 0.717) is 41.4 Å². The molecule has 0 bridgehead atoms. The quantitative estimate of drug-likeness (QED) is 0.669. The van der Waals surface area contributed by atoms with Crippen molar-refractivity contribution in [3.63, 3.8) is 0 Å². The summed E-state index contributed by atoms with van der Waals surface area (Å²) in [5, 5.41) is 4.04. The van der Waals surface area contributed by atoms with Crippen molar-refractivity contribution in [2.45, 2.75) is 18.9 Å². The van der Waals surface area contributed by atoms with Gasteiger partial charge < -0.3 is 9.64 Å². The van der Waals surface area contributed by atoms with Crippen LogP contribution in [0.4, 0.5) is 10.3 Å². The second-order valence-electron chi connectivity index (χ2n) is 5.75. The van der Waals surface area contributed by atoms with Crippen molar-refractivity contribution in [3.05, 3.63) is 41.7 Å². The molecule has 1 atom stereocenters. The van der Waals surface area contributed by atoms with Gasteiger partial charge in [0.05, 0.1) is 31.1 Å². The molecule has 0 amide bonds. The number of ether oxygens (including phenoxy) is 1. The van der Waals surface area contributed by atoms with Crippen LogP contribution < -0.4 is 9.64 Å². The van der Waals surface area contributed by atoms with E-state index in [0.717, 1.165) is 19.0 Å². The summed E-state index contributed by atoms with van der Waals surface area (Å²) in [4.78, 5) is 25.9. The number of nitrogens with zero attached hydrogens (tertiary/aromatic N) is 6. The molecule has 1 aliphatic rings. The van der Waals surface area contributed by atoms with Gasteiger partial charge in [-0.15, -0.1) is 0 Å². The van der Waals surface area contributed by atoms with Gasteiger partial charge in [0.2, 0.25) is 11.8 Å². The topological polar surface area (TPSA) is 85.5 Å². The first-order chi connectivity index (χ1) is 12.2. The summed E-state index contributed by atoms with van der Waals surface area (Å²) in [6, 6.07) is 1.28. The van der Waals surface area contributed by atoms with Crippen LogP contribution in [0.1, 0.15) is 34.8 Å². The lowest BCUT2D eigenvalue weighted by atomic mass is 10.1. The van der Waals surface area contributed by atoms with Gasteiger partial charge >= 0.3 is 0 Å². The molecular formula is C16H15FN6O2. The number of anilines is 1. The minimum atomic E-state index is -0.418. The maximum atomic E-state index is 13.7. The molecule has 4 rings (SSSR count). The van der Waals surface area contributed by atoms with Gasteiger partial charge in [-0.3, -0.25) is 4.79 Å². The Morgan fingerprint density at radius 1 is 1.36 bits per heavy atom. The van der Waals surface area contributed by atoms with E-state index in [-0.39, 0.29) is 6.04 Å². The fraction of sp³-hybridized carbons (Fsp3) is 0.312. The molecule has 0 aliphatic carbocycles. The maximum Gasteiger partial charge on any atom is 0.229 e. The number of methoxy groups -OCH3 is 1. The minimum absolute atomic E-state index is 0.150. The van der Waals surface area contributed by atoms with Gasteiger partial charge in [-0.25, -0.2) is 18.9 Å². The van der Waals surface area contributed by atoms with Crippen molar-refractivity contribution < 1.29 is 13.9 Å². The average Bonchev–Trinajstić information content (AvgIpc) is 3.27. The highest BCUT2D eigenvalue weighted by Crippen LogP contribution is 2.38. The Labute approximate surface area is 142 Å². The number of rotatable bonds is 4. The summed E-state index contributed by atoms with van der Waals surface area (Å²) in [6.45, 7) is 0.713. The Hall–Kier alpha value is -3.10. The third-order valence-corrected chi connectivity index (χ3v) is 4.32. The number of carbonyl (C=O) groups is 1. The third-order valence-electron chi connectivity index (χ3n) is 4.32. The lowest BCUT2D eigenvalue weighted by Gasteiger charge is -2.25. The molecule has 1 saturated heterocycles. The number of pyridine rings is 1. The van der Waals surface area contributed by atoms with Crippen LogP contribution in [0.2, 0.25) is 0 Å². The summed E-state index contributed by atoms with van der Waals surface area (Å²) in [5.41, 5.74) is 1.49. The highest BCUT2D eigenvalue weighted by Gasteiger charge is 2.31. The molecule has 0 unspecified atom stereocenters. The average molecular weight is 342 g/mol. The molecule has 8 nitrogen and oxygen atoms in total. The van der Waals surface area contributed by atoms with Gasteiger partial charge in [-0.05, 0) is 18.9 Å². The Balaban J connectivity index is 1.77. The number of carbonyl (C=O) groups excluding carboxylic acids is 1. The van der Waals surface area contributed by atoms with Gasteiger partial charge in [-0.1, -0.05) is 0 Å². The molecule has 9 heteroatoms. The number of halogens is 1. The molecule has 1 aliphatic heterocycles. The van der Waals surface area contributed by atoms with Crippen LogP contribution in [0.5, 0.6) is 5.88 Å². The van der Waals surface area contributed by atoms with E-state index < -0.39 is 5.82 Å². The first-order valence-electron chi connectivity index (χ1n) is 7.83. The van der Waals surface area contributed by atoms with Crippen molar-refractivity contribution in [3.8, 4) is 5.88 Å². The second-order valence-corrected chi connectivity index (χ2v) is 5.75. The lowest BCUT2D eigenvalue weighted by molar-refractivity contribution is 0.112. The van der Waals surface area contributed by atoms with E-state index in [9.17, 15) is 9.18 Å². The van der Waals surface area contributed by atoms with Crippen LogP contribution in [0.25, 0.3) is 5.65 Å². The van der Waals surface area contributed by atoms with E-state index in [1.807, 2.05) is 4.90 Å². The second kappa shape index (κ2) is 6.08. The molecule has 0 aromatic carbocycles. The van der Waals surface area contributed by atoms with E-state index in [4.69, 9.17) is 4.74 Å². The molecule has 0 spiro atoms. The lowest BCUT2D eigenvalue weighted by Crippen LogP contribution is -2.25. The zero-order valence-corrected chi connectivity index (χ0v) is 13.5. The Morgan fingerprint density at radius 3 is 3.04 bits per heavy atom. The zero-order chi connectivity index (χ0) is 17.4. The SMILES string of the molecule is COc1ncc(F)cc1[C@H]1CCCN1c1ncn2ncc(C=O)c2n1. The minimum Gasteiger partial charge on any atom is -0.481 e. The van der Waals surface area contributed by atoms with Gasteiger partial charge in [-0.2, -0.15) is 10.1 Å². The number of hydrogen-bond acceptors (Lipinski definition) is 7. The molecule has 3 aromatic rings. The van der Waals surface area contributed by atoms with Gasteiger partial charge in [0.25, 0.3) is 0 Å². The Morgan fingerprint density at radius 2 is 2.24 bits per heavy atom. The smallest absolute Gasteiger partial charge is 0.229 e. The van der Waals surface area contributed by atoms with Crippen molar-refractivity contribution in [2.75, 3.05) is 18.6 Å². The number of aromatic nitrogens is 5. The molecule has 4 heterocycles. The van der Waals surface area contributed by atoms with E-state index >= 15 is 0 Å². The van der Waals surface area contributed by atoms with Crippen LogP contribution in [0, 0.1) is 5.82 Å². The van der Waals surface area contributed by atoms with Gasteiger partial charge in [0.1, 0.15) is 12.1 Å². The summed E-state index contributed by atoms with van der Waals surface area (Å²) in [5.74, 6) is 0.431. The predicted octanol–water partition coefficient (Wildman–Crippen LogP) is 1.82. The highest BCUT2D eigenvalue weighted by atomic mass is 19.1. The van der Waals surface area contributed by atoms with Crippen LogP contribution in [0.3, 0.4) is 0 Å². The van der Waals surface area contributed by atoms with E-state index in [1.54, 1.807) is 0 Å². The van der Waals surface area contributed by atoms with Crippen LogP contribution in [0.15, 0.2) is 24.8 Å². The van der Waals surface area contributed by atoms with Gasteiger partial charge in [0.15, 0.2) is 11.9 Å². The number of fused-ring (bicyclic) bond motifs is 1. The normalized spacial score (nSPS) is 17.2. The van der Waals surface area contributed by atoms with Crippen LogP contribution in [-0.2, 0) is 0 Å². The predicted molar refractivity (Wildman–Crippen MR) is 86.2 cm³/mol. The number of hydrogen-bond donors (Lipinski definition) is 0. The largest absolute Gasteiger partial charge is 0.481 e. The molecular weight excluding hydrogens is 327 g/mol. The van der Waals surface area contributed by atoms with Crippen molar-refractivity contribution in [1.82, 2.24) is 24.6 Å². The monoisotopic (exact) mass is 342 g/mol. The molecule has 3 aromatic heterocycles. The van der Waals surface area contributed by atoms with Gasteiger partial charge in [0, 0.05) is 12.1 Å². The maximum absolute atomic E-state index is 13.7. The summed E-state index contributed by atoms with van der Waals surface area (Å²) in [7, 11) is 1.51. The Bertz CT molecular complexity index is 944. The molecule has 0 N–H and O–H groups in total. The molecule has 1 fully saturated rings. The zero-order valence-electron chi connectivity index (χ0n) is 13.5. The summed E-state index contributed by atoms with van der Waals surface area (Å²) >= 11 is 0. The fourth-order valence-electron chi connectivity index (χ4n) is 3.20. The molecule has 0 saturated carbocycles. The third kappa shape index (κ3) is 2.57. The highest BCUT2D eigenvalue weighted by molar-refractivity contribution is 5.83. The van der Waals surface area contributed by atoms with Crippen LogP contribution >= 0.6 is 0 Å². The van der Waals surface area contributed by atoms with Crippen molar-refractivity contribution in [1.29, 1.82) is 0 Å². The number of aldehydes is 1. The van der Waals surface area contributed by atoms with E-state index in [1.165, 1.54) is 30.2 Å². The first-order valence-corrected chi connectivity index (χ1v) is 7.83. The van der Waals surface area contributed by atoms with Crippen molar-refractivity contribution >= 4 is 17.9 Å². The molecule has 128 valence electrons. The molecule has 0 radical (unpaired) electrons. The molecule has 25 heavy (non-hydrogen) atoms. The van der Waals surface area contributed by atoms with E-state index in [2.05, 4.69) is 20.1 Å². The summed E-state index contributed by atoms with van der Waals surface area (Å²) < 4.78 is 20.4. The standard InChI is InChI=1S/C16H15FN6O2/c1-25-15-12(5-11(17)7-18-15)13-3-2-4-22(13)16-19-9-23-14(21-16)10(8-24)6-20-23/h5-9,13H,2-4H2,1H3/t13-/m1/s1. The van der Waals surface area contributed by atoms with Crippen LogP contribution in [-0.4, -0.2) is 44.5 Å². The van der Waals surface area contributed by atoms with Crippen molar-refractivity contribution in [2.24, 2.45) is 0 Å². The fourth-order valence-corrected chi connectivity index (χ4v) is 3.20. The Kier molecular flexibility index (Phi) is 3.75.